The molecule has 5 rings (SSSR count). The summed E-state index contributed by atoms with van der Waals surface area (Å²) >= 11 is 6.13. The molecule has 2 aliphatic heterocycles. The van der Waals surface area contributed by atoms with Gasteiger partial charge in [0.05, 0.1) is 17.3 Å². The van der Waals surface area contributed by atoms with Crippen LogP contribution in [0.1, 0.15) is 12.8 Å². The maximum atomic E-state index is 12.7. The van der Waals surface area contributed by atoms with Crippen LogP contribution < -0.4 is 10.3 Å². The molecule has 10 nitrogen and oxygen atoms in total. The van der Waals surface area contributed by atoms with Gasteiger partial charge in [0.25, 0.3) is 5.91 Å². The molecule has 11 heteroatoms. The van der Waals surface area contributed by atoms with Crippen molar-refractivity contribution in [3.8, 4) is 5.69 Å². The van der Waals surface area contributed by atoms with Crippen molar-refractivity contribution in [3.05, 3.63) is 41.8 Å². The topological polar surface area (TPSA) is 109 Å². The van der Waals surface area contributed by atoms with Gasteiger partial charge in [0.15, 0.2) is 5.65 Å². The highest BCUT2D eigenvalue weighted by Crippen LogP contribution is 2.26. The summed E-state index contributed by atoms with van der Waals surface area (Å²) in [5.74, 6) is 0.501. The second-order valence-corrected chi connectivity index (χ2v) is 7.78. The average Bonchev–Trinajstić information content (AvgIpc) is 3.24. The zero-order valence-electron chi connectivity index (χ0n) is 16.5. The van der Waals surface area contributed by atoms with E-state index < -0.39 is 0 Å². The number of rotatable bonds is 3. The van der Waals surface area contributed by atoms with E-state index in [2.05, 4.69) is 30.5 Å². The number of aromatic nitrogens is 4. The minimum Gasteiger partial charge on any atom is -0.352 e. The second kappa shape index (κ2) is 7.95. The molecular weight excluding hydrogens is 420 g/mol. The van der Waals surface area contributed by atoms with Crippen LogP contribution in [-0.4, -0.2) is 68.4 Å². The number of benzene rings is 1. The van der Waals surface area contributed by atoms with E-state index in [1.165, 1.54) is 6.33 Å². The zero-order chi connectivity index (χ0) is 21.4. The Labute approximate surface area is 182 Å². The molecule has 2 aromatic heterocycles. The molecule has 0 radical (unpaired) electrons. The lowest BCUT2D eigenvalue weighted by atomic mass is 10.1. The number of amides is 2. The molecule has 31 heavy (non-hydrogen) atoms. The van der Waals surface area contributed by atoms with Crippen LogP contribution in [0.3, 0.4) is 0 Å². The maximum Gasteiger partial charge on any atom is 0.270 e. The smallest absolute Gasteiger partial charge is 0.270 e. The van der Waals surface area contributed by atoms with E-state index in [0.29, 0.717) is 55.4 Å². The number of hydrogen-bond acceptors (Lipinski definition) is 7. The molecule has 0 unspecified atom stereocenters. The Morgan fingerprint density at radius 3 is 2.68 bits per heavy atom. The molecule has 0 spiro atoms. The van der Waals surface area contributed by atoms with Crippen LogP contribution in [0, 0.1) is 0 Å². The van der Waals surface area contributed by atoms with Gasteiger partial charge in [0, 0.05) is 44.0 Å². The minimum atomic E-state index is -0.160. The molecule has 1 fully saturated rings. The summed E-state index contributed by atoms with van der Waals surface area (Å²) in [6.45, 7) is 2.33. The normalized spacial score (nSPS) is 16.9. The third-order valence-electron chi connectivity index (χ3n) is 5.42. The quantitative estimate of drug-likeness (QED) is 0.661. The van der Waals surface area contributed by atoms with Gasteiger partial charge in [0.1, 0.15) is 17.9 Å². The molecule has 2 amide bonds. The molecule has 0 aliphatic carbocycles. The van der Waals surface area contributed by atoms with Gasteiger partial charge in [-0.3, -0.25) is 9.59 Å². The fraction of sp³-hybridized carbons (Fsp3) is 0.300. The van der Waals surface area contributed by atoms with Crippen molar-refractivity contribution in [2.75, 3.05) is 31.1 Å². The zero-order valence-corrected chi connectivity index (χ0v) is 17.3. The van der Waals surface area contributed by atoms with Crippen LogP contribution in [0.2, 0.25) is 5.02 Å². The van der Waals surface area contributed by atoms with Crippen LogP contribution in [0.25, 0.3) is 16.7 Å². The maximum absolute atomic E-state index is 12.7. The monoisotopic (exact) mass is 438 g/mol. The lowest BCUT2D eigenvalue weighted by Gasteiger charge is -2.35. The summed E-state index contributed by atoms with van der Waals surface area (Å²) in [5.41, 5.74) is 4.30. The highest BCUT2D eigenvalue weighted by molar-refractivity contribution is 6.39. The van der Waals surface area contributed by atoms with Crippen molar-refractivity contribution in [2.24, 2.45) is 5.10 Å². The minimum absolute atomic E-state index is 0.124. The Balaban J connectivity index is 1.34. The molecule has 1 aromatic carbocycles. The SMILES string of the molecule is O=C1CCC(C(=O)N2CCN(c3ncnc4c3cnn4-c3cccc(Cl)c3)CC2)=NN1. The Hall–Kier alpha value is -3.53. The molecule has 158 valence electrons. The first-order valence-electron chi connectivity index (χ1n) is 9.94. The second-order valence-electron chi connectivity index (χ2n) is 7.34. The Morgan fingerprint density at radius 2 is 1.94 bits per heavy atom. The summed E-state index contributed by atoms with van der Waals surface area (Å²) in [6, 6.07) is 7.42. The van der Waals surface area contributed by atoms with E-state index in [-0.39, 0.29) is 11.8 Å². The number of anilines is 1. The highest BCUT2D eigenvalue weighted by atomic mass is 35.5. The summed E-state index contributed by atoms with van der Waals surface area (Å²) in [5, 5.41) is 9.86. The molecule has 0 saturated carbocycles. The Morgan fingerprint density at radius 1 is 1.10 bits per heavy atom. The van der Waals surface area contributed by atoms with Crippen molar-refractivity contribution in [1.29, 1.82) is 0 Å². The number of halogens is 1. The number of hydrogen-bond donors (Lipinski definition) is 1. The van der Waals surface area contributed by atoms with Gasteiger partial charge in [-0.2, -0.15) is 10.2 Å². The average molecular weight is 439 g/mol. The molecular formula is C20H19ClN8O2. The van der Waals surface area contributed by atoms with Gasteiger partial charge < -0.3 is 9.80 Å². The van der Waals surface area contributed by atoms with E-state index in [1.54, 1.807) is 15.8 Å². The number of carbonyl (C=O) groups excluding carboxylic acids is 2. The molecule has 2 aliphatic rings. The van der Waals surface area contributed by atoms with E-state index in [1.807, 2.05) is 24.3 Å². The fourth-order valence-corrected chi connectivity index (χ4v) is 4.00. The first-order chi connectivity index (χ1) is 15.1. The largest absolute Gasteiger partial charge is 0.352 e. The Bertz CT molecular complexity index is 1200. The summed E-state index contributed by atoms with van der Waals surface area (Å²) < 4.78 is 1.74. The van der Waals surface area contributed by atoms with Crippen LogP contribution >= 0.6 is 11.6 Å². The summed E-state index contributed by atoms with van der Waals surface area (Å²) in [4.78, 5) is 36.7. The van der Waals surface area contributed by atoms with E-state index in [4.69, 9.17) is 11.6 Å². The lowest BCUT2D eigenvalue weighted by molar-refractivity contribution is -0.124. The molecule has 4 heterocycles. The molecule has 0 bridgehead atoms. The first kappa shape index (κ1) is 19.4. The van der Waals surface area contributed by atoms with Crippen molar-refractivity contribution in [1.82, 2.24) is 30.1 Å². The van der Waals surface area contributed by atoms with Crippen molar-refractivity contribution in [2.45, 2.75) is 12.8 Å². The number of nitrogens with zero attached hydrogens (tertiary/aromatic N) is 7. The van der Waals surface area contributed by atoms with Crippen LogP contribution in [-0.2, 0) is 9.59 Å². The Kier molecular flexibility index (Phi) is 4.99. The number of fused-ring (bicyclic) bond motifs is 1. The van der Waals surface area contributed by atoms with Crippen molar-refractivity contribution < 1.29 is 9.59 Å². The van der Waals surface area contributed by atoms with Crippen molar-refractivity contribution >= 4 is 46.0 Å². The van der Waals surface area contributed by atoms with E-state index in [0.717, 1.165) is 16.9 Å². The van der Waals surface area contributed by atoms with Gasteiger partial charge >= 0.3 is 0 Å². The number of nitrogens with one attached hydrogen (secondary N) is 1. The number of piperazine rings is 1. The van der Waals surface area contributed by atoms with Crippen LogP contribution in [0.4, 0.5) is 5.82 Å². The standard InChI is InChI=1S/C20H19ClN8O2/c21-13-2-1-3-14(10-13)29-19-15(11-24-29)18(22-12-23-19)27-6-8-28(9-7-27)20(31)16-4-5-17(30)26-25-16/h1-3,10-12H,4-9H2,(H,26,30). The van der Waals surface area contributed by atoms with E-state index in [9.17, 15) is 9.59 Å². The molecule has 1 saturated heterocycles. The van der Waals surface area contributed by atoms with Gasteiger partial charge in [-0.05, 0) is 18.2 Å². The van der Waals surface area contributed by atoms with Crippen LogP contribution in [0.15, 0.2) is 41.9 Å². The van der Waals surface area contributed by atoms with Crippen molar-refractivity contribution in [3.63, 3.8) is 0 Å². The third kappa shape index (κ3) is 3.70. The van der Waals surface area contributed by atoms with E-state index >= 15 is 0 Å². The van der Waals surface area contributed by atoms with Gasteiger partial charge in [0.2, 0.25) is 5.91 Å². The number of carbonyl (C=O) groups is 2. The summed E-state index contributed by atoms with van der Waals surface area (Å²) in [7, 11) is 0. The molecule has 1 N–H and O–H groups in total. The van der Waals surface area contributed by atoms with Gasteiger partial charge in [-0.15, -0.1) is 0 Å². The highest BCUT2D eigenvalue weighted by Gasteiger charge is 2.28. The lowest BCUT2D eigenvalue weighted by Crippen LogP contribution is -2.51. The summed E-state index contributed by atoms with van der Waals surface area (Å²) in [6.07, 6.45) is 3.94. The molecule has 3 aromatic rings. The third-order valence-corrected chi connectivity index (χ3v) is 5.65. The predicted octanol–water partition coefficient (Wildman–Crippen LogP) is 1.38. The number of hydrazone groups is 1. The van der Waals surface area contributed by atoms with Crippen LogP contribution in [0.5, 0.6) is 0 Å². The molecule has 0 atom stereocenters. The fourth-order valence-electron chi connectivity index (χ4n) is 3.81. The first-order valence-corrected chi connectivity index (χ1v) is 10.3. The predicted molar refractivity (Wildman–Crippen MR) is 115 cm³/mol. The van der Waals surface area contributed by atoms with Gasteiger partial charge in [-0.25, -0.2) is 20.1 Å². The van der Waals surface area contributed by atoms with Gasteiger partial charge in [-0.1, -0.05) is 17.7 Å².